The van der Waals surface area contributed by atoms with Gasteiger partial charge in [-0.3, -0.25) is 9.59 Å². The molecule has 6 rings (SSSR count). The Morgan fingerprint density at radius 2 is 1.36 bits per heavy atom. The van der Waals surface area contributed by atoms with Crippen LogP contribution in [0.4, 0.5) is 0 Å². The van der Waals surface area contributed by atoms with E-state index in [0.29, 0.717) is 0 Å². The third kappa shape index (κ3) is 8.13. The highest BCUT2D eigenvalue weighted by Crippen LogP contribution is 2.39. The number of aliphatic hydroxyl groups is 8. The van der Waals surface area contributed by atoms with E-state index in [-0.39, 0.29) is 22.7 Å². The number of aromatic hydroxyl groups is 3. The summed E-state index contributed by atoms with van der Waals surface area (Å²) in [6, 6.07) is 7.02. The first-order valence-electron chi connectivity index (χ1n) is 17.3. The smallest absolute Gasteiger partial charge is 0.303 e. The van der Waals surface area contributed by atoms with Crippen molar-refractivity contribution in [2.45, 2.75) is 106 Å². The Balaban J connectivity index is 1.36. The van der Waals surface area contributed by atoms with Crippen molar-refractivity contribution < 1.29 is 98.5 Å². The van der Waals surface area contributed by atoms with Crippen molar-refractivity contribution in [1.82, 2.24) is 0 Å². The van der Waals surface area contributed by atoms with Gasteiger partial charge in [-0.05, 0) is 31.2 Å². The van der Waals surface area contributed by atoms with Crippen LogP contribution in [0.2, 0.25) is 0 Å². The fourth-order valence-electron chi connectivity index (χ4n) is 6.60. The molecular formula is C35H42O21. The Hall–Kier alpha value is -4.20. The van der Waals surface area contributed by atoms with Crippen LogP contribution in [0.5, 0.6) is 23.0 Å². The lowest BCUT2D eigenvalue weighted by atomic mass is 9.97. The van der Waals surface area contributed by atoms with Gasteiger partial charge in [-0.15, -0.1) is 0 Å². The number of phenols is 3. The number of rotatable bonds is 10. The monoisotopic (exact) mass is 798 g/mol. The molecule has 3 aliphatic rings. The van der Waals surface area contributed by atoms with Crippen LogP contribution in [-0.4, -0.2) is 167 Å². The largest absolute Gasteiger partial charge is 0.508 e. The van der Waals surface area contributed by atoms with Crippen LogP contribution in [0.1, 0.15) is 13.8 Å². The van der Waals surface area contributed by atoms with E-state index >= 15 is 0 Å². The summed E-state index contributed by atoms with van der Waals surface area (Å²) in [7, 11) is 0. The van der Waals surface area contributed by atoms with Crippen LogP contribution >= 0.6 is 0 Å². The summed E-state index contributed by atoms with van der Waals surface area (Å²) < 4.78 is 45.4. The van der Waals surface area contributed by atoms with Gasteiger partial charge in [0.05, 0.1) is 19.3 Å². The highest BCUT2D eigenvalue weighted by Gasteiger charge is 2.53. The normalized spacial score (nSPS) is 36.3. The van der Waals surface area contributed by atoms with Gasteiger partial charge in [0, 0.05) is 24.6 Å². The number of benzene rings is 2. The molecule has 11 N–H and O–H groups in total. The van der Waals surface area contributed by atoms with E-state index in [1.54, 1.807) is 0 Å². The molecule has 4 heterocycles. The van der Waals surface area contributed by atoms with E-state index in [4.69, 9.17) is 37.6 Å². The highest BCUT2D eigenvalue weighted by atomic mass is 16.8. The van der Waals surface area contributed by atoms with Gasteiger partial charge in [-0.25, -0.2) is 0 Å². The van der Waals surface area contributed by atoms with Crippen LogP contribution in [0.3, 0.4) is 0 Å². The summed E-state index contributed by atoms with van der Waals surface area (Å²) in [4.78, 5) is 25.6. The second-order valence-electron chi connectivity index (χ2n) is 13.5. The third-order valence-corrected chi connectivity index (χ3v) is 9.57. The molecule has 0 aliphatic carbocycles. The second kappa shape index (κ2) is 16.7. The standard InChI is InChI=1S/C35H42O21/c1-11-29(51-12(2)37)26(46)28(48)33(50-11)49-10-19-22(42)25(45)32(56-34-27(47)24(44)21(41)18(9-36)53-34)35(54-19)55-31-23(43)20-16(40)7-15(39)8-17(20)52-30(31)13-3-5-14(38)6-4-13/h3-8,11,18-19,21-22,24-29,32-36,38-42,44-48H,9-10H2,1-2H3/t11-,18+,19+,21+,22+,24-,25-,26-,27+,28+,29-,32+,33+,34-,35-/m0/s1. The summed E-state index contributed by atoms with van der Waals surface area (Å²) >= 11 is 0. The summed E-state index contributed by atoms with van der Waals surface area (Å²) in [6.07, 6.45) is -26.2. The highest BCUT2D eigenvalue weighted by molar-refractivity contribution is 5.88. The number of aliphatic hydroxyl groups excluding tert-OH is 8. The molecule has 3 fully saturated rings. The molecule has 3 aromatic rings. The first-order valence-corrected chi connectivity index (χ1v) is 17.3. The van der Waals surface area contributed by atoms with Gasteiger partial charge in [0.2, 0.25) is 17.5 Å². The van der Waals surface area contributed by atoms with Gasteiger partial charge in [0.15, 0.2) is 30.5 Å². The van der Waals surface area contributed by atoms with Crippen molar-refractivity contribution in [3.05, 3.63) is 46.6 Å². The van der Waals surface area contributed by atoms with E-state index in [2.05, 4.69) is 0 Å². The zero-order valence-corrected chi connectivity index (χ0v) is 29.5. The molecule has 0 amide bonds. The first kappa shape index (κ1) is 41.4. The number of hydrogen-bond donors (Lipinski definition) is 11. The third-order valence-electron chi connectivity index (χ3n) is 9.57. The molecule has 0 radical (unpaired) electrons. The summed E-state index contributed by atoms with van der Waals surface area (Å²) in [5.74, 6) is -3.19. The maximum Gasteiger partial charge on any atom is 0.303 e. The van der Waals surface area contributed by atoms with Crippen molar-refractivity contribution in [2.75, 3.05) is 13.2 Å². The molecule has 2 aromatic carbocycles. The lowest BCUT2D eigenvalue weighted by molar-refractivity contribution is -0.362. The SMILES string of the molecule is CC(=O)O[C@@H]1[C@@H](O)[C@@H](O)[C@H](OC[C@H]2O[C@@H](Oc3c(-c4ccc(O)cc4)oc4cc(O)cc(O)c4c3=O)[C@H](O[C@@H]3O[C@H](CO)[C@@H](O)[C@H](O)[C@H]3O)[C@@H](O)[C@@H]2O)O[C@H]1C. The lowest BCUT2D eigenvalue weighted by Gasteiger charge is -2.46. The maximum atomic E-state index is 14.1. The van der Waals surface area contributed by atoms with E-state index in [9.17, 15) is 65.8 Å². The molecule has 0 unspecified atom stereocenters. The molecule has 0 saturated carbocycles. The zero-order chi connectivity index (χ0) is 40.7. The van der Waals surface area contributed by atoms with Crippen molar-refractivity contribution in [3.8, 4) is 34.3 Å². The summed E-state index contributed by atoms with van der Waals surface area (Å²) in [6.45, 7) is 0.951. The Bertz CT molecular complexity index is 1900. The minimum atomic E-state index is -2.08. The van der Waals surface area contributed by atoms with Gasteiger partial charge in [-0.1, -0.05) is 0 Å². The molecule has 1 aromatic heterocycles. The molecule has 56 heavy (non-hydrogen) atoms. The average molecular weight is 799 g/mol. The van der Waals surface area contributed by atoms with E-state index in [1.807, 2.05) is 0 Å². The number of ether oxygens (including phenoxy) is 7. The maximum absolute atomic E-state index is 14.1. The van der Waals surface area contributed by atoms with Crippen LogP contribution in [0.25, 0.3) is 22.3 Å². The number of hydrogen-bond acceptors (Lipinski definition) is 21. The average Bonchev–Trinajstić information content (AvgIpc) is 3.15. The van der Waals surface area contributed by atoms with Crippen molar-refractivity contribution in [2.24, 2.45) is 0 Å². The van der Waals surface area contributed by atoms with Crippen molar-refractivity contribution in [3.63, 3.8) is 0 Å². The van der Waals surface area contributed by atoms with Gasteiger partial charge >= 0.3 is 5.97 Å². The summed E-state index contributed by atoms with van der Waals surface area (Å²) in [5, 5.41) is 115. The zero-order valence-electron chi connectivity index (χ0n) is 29.5. The number of phenolic OH excluding ortho intramolecular Hbond substituents is 3. The first-order chi connectivity index (χ1) is 26.5. The van der Waals surface area contributed by atoms with Crippen LogP contribution in [0.15, 0.2) is 45.6 Å². The van der Waals surface area contributed by atoms with Crippen LogP contribution < -0.4 is 10.2 Å². The second-order valence-corrected chi connectivity index (χ2v) is 13.5. The van der Waals surface area contributed by atoms with Crippen LogP contribution in [0, 0.1) is 0 Å². The summed E-state index contributed by atoms with van der Waals surface area (Å²) in [5.41, 5.74) is -1.26. The van der Waals surface area contributed by atoms with Gasteiger partial charge in [0.25, 0.3) is 0 Å². The number of carbonyl (C=O) groups excluding carboxylic acids is 1. The quantitative estimate of drug-likeness (QED) is 0.0911. The fourth-order valence-corrected chi connectivity index (χ4v) is 6.60. The molecule has 3 aliphatic heterocycles. The van der Waals surface area contributed by atoms with Crippen molar-refractivity contribution in [1.29, 1.82) is 0 Å². The van der Waals surface area contributed by atoms with Gasteiger partial charge in [0.1, 0.15) is 83.2 Å². The van der Waals surface area contributed by atoms with Crippen LogP contribution in [-0.2, 0) is 33.2 Å². The molecular weight excluding hydrogens is 756 g/mol. The molecule has 21 heteroatoms. The molecule has 0 spiro atoms. The van der Waals surface area contributed by atoms with Crippen molar-refractivity contribution >= 4 is 16.9 Å². The number of carbonyl (C=O) groups is 1. The minimum Gasteiger partial charge on any atom is -0.508 e. The van der Waals surface area contributed by atoms with E-state index in [1.165, 1.54) is 31.2 Å². The predicted molar refractivity (Wildman–Crippen MR) is 181 cm³/mol. The Labute approximate surface area is 315 Å². The predicted octanol–water partition coefficient (Wildman–Crippen LogP) is -3.00. The van der Waals surface area contributed by atoms with E-state index < -0.39 is 139 Å². The van der Waals surface area contributed by atoms with Gasteiger partial charge in [-0.2, -0.15) is 0 Å². The molecule has 308 valence electrons. The van der Waals surface area contributed by atoms with E-state index in [0.717, 1.165) is 19.1 Å². The molecule has 15 atom stereocenters. The number of fused-ring (bicyclic) bond motifs is 1. The Morgan fingerprint density at radius 3 is 2.02 bits per heavy atom. The van der Waals surface area contributed by atoms with Gasteiger partial charge < -0.3 is 93.7 Å². The lowest BCUT2D eigenvalue weighted by Crippen LogP contribution is -2.65. The Morgan fingerprint density at radius 1 is 0.732 bits per heavy atom. The topological polar surface area (TPSA) is 334 Å². The Kier molecular flexibility index (Phi) is 12.4. The molecule has 21 nitrogen and oxygen atoms in total. The molecule has 0 bridgehead atoms. The molecule has 3 saturated heterocycles. The minimum absolute atomic E-state index is 0.102. The fraction of sp³-hybridized carbons (Fsp3) is 0.543. The number of esters is 1.